The predicted octanol–water partition coefficient (Wildman–Crippen LogP) is 3.67. The Morgan fingerprint density at radius 1 is 1.53 bits per heavy atom. The molecule has 0 saturated carbocycles. The van der Waals surface area contributed by atoms with Gasteiger partial charge in [-0.25, -0.2) is 4.98 Å². The van der Waals surface area contributed by atoms with E-state index in [2.05, 4.69) is 16.5 Å². The molecular weight excluding hydrogens is 284 g/mol. The van der Waals surface area contributed by atoms with E-state index in [4.69, 9.17) is 16.7 Å². The van der Waals surface area contributed by atoms with Gasteiger partial charge in [0.05, 0.1) is 16.8 Å². The maximum absolute atomic E-state index is 10.7. The molecule has 0 aliphatic carbocycles. The SMILES string of the molecule is CCCCn1c(SCC(=O)O)nc2ccc(Cl)cc21. The molecule has 0 aliphatic heterocycles. The summed E-state index contributed by atoms with van der Waals surface area (Å²) >= 11 is 7.27. The Morgan fingerprint density at radius 3 is 3.00 bits per heavy atom. The molecule has 0 aliphatic rings. The fourth-order valence-electron chi connectivity index (χ4n) is 1.84. The second-order valence-electron chi connectivity index (χ2n) is 4.22. The molecule has 1 aromatic carbocycles. The lowest BCUT2D eigenvalue weighted by molar-refractivity contribution is -0.133. The molecule has 2 aromatic rings. The number of benzene rings is 1. The van der Waals surface area contributed by atoms with Gasteiger partial charge in [0.2, 0.25) is 0 Å². The first kappa shape index (κ1) is 14.2. The maximum Gasteiger partial charge on any atom is 0.313 e. The zero-order valence-corrected chi connectivity index (χ0v) is 12.2. The number of aliphatic carboxylic acids is 1. The number of unbranched alkanes of at least 4 members (excludes halogenated alkanes) is 1. The van der Waals surface area contributed by atoms with Gasteiger partial charge in [-0.1, -0.05) is 36.7 Å². The van der Waals surface area contributed by atoms with Gasteiger partial charge in [0.25, 0.3) is 0 Å². The highest BCUT2D eigenvalue weighted by Crippen LogP contribution is 2.26. The van der Waals surface area contributed by atoms with Gasteiger partial charge in [-0.2, -0.15) is 0 Å². The summed E-state index contributed by atoms with van der Waals surface area (Å²) in [4.78, 5) is 15.2. The van der Waals surface area contributed by atoms with Crippen LogP contribution in [0.4, 0.5) is 0 Å². The van der Waals surface area contributed by atoms with Gasteiger partial charge in [-0.3, -0.25) is 4.79 Å². The van der Waals surface area contributed by atoms with Gasteiger partial charge in [0.1, 0.15) is 0 Å². The molecular formula is C13H15ClN2O2S. The first-order valence-corrected chi connectivity index (χ1v) is 7.48. The number of carboxylic acid groups (broad SMARTS) is 1. The second-order valence-corrected chi connectivity index (χ2v) is 5.59. The van der Waals surface area contributed by atoms with Crippen LogP contribution in [0.25, 0.3) is 11.0 Å². The van der Waals surface area contributed by atoms with Crippen LogP contribution in [-0.4, -0.2) is 26.4 Å². The molecule has 6 heteroatoms. The van der Waals surface area contributed by atoms with E-state index in [1.807, 2.05) is 12.1 Å². The van der Waals surface area contributed by atoms with Crippen LogP contribution in [0.3, 0.4) is 0 Å². The van der Waals surface area contributed by atoms with Gasteiger partial charge >= 0.3 is 5.97 Å². The van der Waals surface area contributed by atoms with E-state index in [0.29, 0.717) is 5.02 Å². The Bertz CT molecular complexity index is 598. The second kappa shape index (κ2) is 6.30. The Hall–Kier alpha value is -1.20. The zero-order chi connectivity index (χ0) is 13.8. The lowest BCUT2D eigenvalue weighted by Crippen LogP contribution is -2.03. The molecule has 0 spiro atoms. The Labute approximate surface area is 120 Å². The third-order valence-corrected chi connectivity index (χ3v) is 3.93. The molecule has 0 amide bonds. The van der Waals surface area contributed by atoms with Crippen molar-refractivity contribution in [3.8, 4) is 0 Å². The molecule has 0 bridgehead atoms. The number of carboxylic acids is 1. The van der Waals surface area contributed by atoms with Crippen molar-refractivity contribution >= 4 is 40.4 Å². The zero-order valence-electron chi connectivity index (χ0n) is 10.6. The third kappa shape index (κ3) is 3.42. The van der Waals surface area contributed by atoms with E-state index in [9.17, 15) is 4.79 Å². The molecule has 0 fully saturated rings. The summed E-state index contributed by atoms with van der Waals surface area (Å²) in [5.41, 5.74) is 1.82. The van der Waals surface area contributed by atoms with Crippen LogP contribution in [0.15, 0.2) is 23.4 Å². The van der Waals surface area contributed by atoms with Crippen LogP contribution in [0.2, 0.25) is 5.02 Å². The highest BCUT2D eigenvalue weighted by atomic mass is 35.5. The molecule has 1 aromatic heterocycles. The van der Waals surface area contributed by atoms with Crippen molar-refractivity contribution in [1.82, 2.24) is 9.55 Å². The van der Waals surface area contributed by atoms with Crippen LogP contribution in [0.5, 0.6) is 0 Å². The molecule has 2 rings (SSSR count). The van der Waals surface area contributed by atoms with E-state index < -0.39 is 5.97 Å². The topological polar surface area (TPSA) is 55.1 Å². The van der Waals surface area contributed by atoms with Crippen molar-refractivity contribution in [3.05, 3.63) is 23.2 Å². The van der Waals surface area contributed by atoms with Gasteiger partial charge in [0.15, 0.2) is 5.16 Å². The Morgan fingerprint density at radius 2 is 2.32 bits per heavy atom. The van der Waals surface area contributed by atoms with E-state index in [-0.39, 0.29) is 5.75 Å². The molecule has 1 heterocycles. The molecule has 1 N–H and O–H groups in total. The summed E-state index contributed by atoms with van der Waals surface area (Å²) in [6.45, 7) is 2.95. The normalized spacial score (nSPS) is 11.1. The number of carbonyl (C=O) groups is 1. The van der Waals surface area contributed by atoms with Gasteiger partial charge in [-0.05, 0) is 24.6 Å². The number of hydrogen-bond acceptors (Lipinski definition) is 3. The molecule has 102 valence electrons. The summed E-state index contributed by atoms with van der Waals surface area (Å²) in [5.74, 6) is -0.819. The van der Waals surface area contributed by atoms with E-state index in [1.54, 1.807) is 6.07 Å². The minimum Gasteiger partial charge on any atom is -0.481 e. The van der Waals surface area contributed by atoms with Gasteiger partial charge in [0, 0.05) is 11.6 Å². The standard InChI is InChI=1S/C13H15ClN2O2S/c1-2-3-6-16-11-7-9(14)4-5-10(11)15-13(16)19-8-12(17)18/h4-5,7H,2-3,6,8H2,1H3,(H,17,18). The number of thioether (sulfide) groups is 1. The maximum atomic E-state index is 10.7. The van der Waals surface area contributed by atoms with E-state index in [1.165, 1.54) is 11.8 Å². The van der Waals surface area contributed by atoms with Crippen molar-refractivity contribution in [3.63, 3.8) is 0 Å². The molecule has 19 heavy (non-hydrogen) atoms. The number of rotatable bonds is 6. The third-order valence-electron chi connectivity index (χ3n) is 2.74. The van der Waals surface area contributed by atoms with Crippen LogP contribution in [-0.2, 0) is 11.3 Å². The Balaban J connectivity index is 2.39. The average Bonchev–Trinajstić information content (AvgIpc) is 2.71. The quantitative estimate of drug-likeness (QED) is 0.827. The van der Waals surface area contributed by atoms with Crippen molar-refractivity contribution in [2.75, 3.05) is 5.75 Å². The van der Waals surface area contributed by atoms with Gasteiger partial charge < -0.3 is 9.67 Å². The van der Waals surface area contributed by atoms with Crippen molar-refractivity contribution < 1.29 is 9.90 Å². The summed E-state index contributed by atoms with van der Waals surface area (Å²) in [5, 5.41) is 10.2. The van der Waals surface area contributed by atoms with Crippen LogP contribution >= 0.6 is 23.4 Å². The number of aromatic nitrogens is 2. The summed E-state index contributed by atoms with van der Waals surface area (Å²) in [6, 6.07) is 5.54. The Kier molecular flexibility index (Phi) is 4.71. The summed E-state index contributed by atoms with van der Waals surface area (Å²) in [6.07, 6.45) is 2.10. The smallest absolute Gasteiger partial charge is 0.313 e. The molecule has 0 radical (unpaired) electrons. The largest absolute Gasteiger partial charge is 0.481 e. The minimum atomic E-state index is -0.836. The fraction of sp³-hybridized carbons (Fsp3) is 0.385. The lowest BCUT2D eigenvalue weighted by Gasteiger charge is -2.07. The first-order chi connectivity index (χ1) is 9.11. The number of aryl methyl sites for hydroxylation is 1. The molecule has 0 atom stereocenters. The number of hydrogen-bond donors (Lipinski definition) is 1. The number of nitrogens with zero attached hydrogens (tertiary/aromatic N) is 2. The first-order valence-electron chi connectivity index (χ1n) is 6.12. The van der Waals surface area contributed by atoms with Crippen LogP contribution in [0, 0.1) is 0 Å². The van der Waals surface area contributed by atoms with Crippen molar-refractivity contribution in [1.29, 1.82) is 0 Å². The highest BCUT2D eigenvalue weighted by molar-refractivity contribution is 7.99. The molecule has 4 nitrogen and oxygen atoms in total. The van der Waals surface area contributed by atoms with Crippen LogP contribution in [0.1, 0.15) is 19.8 Å². The average molecular weight is 299 g/mol. The van der Waals surface area contributed by atoms with Gasteiger partial charge in [-0.15, -0.1) is 0 Å². The van der Waals surface area contributed by atoms with E-state index >= 15 is 0 Å². The predicted molar refractivity (Wildman–Crippen MR) is 78.0 cm³/mol. The lowest BCUT2D eigenvalue weighted by atomic mass is 10.3. The summed E-state index contributed by atoms with van der Waals surface area (Å²) in [7, 11) is 0. The number of fused-ring (bicyclic) bond motifs is 1. The van der Waals surface area contributed by atoms with Crippen molar-refractivity contribution in [2.45, 2.75) is 31.5 Å². The monoisotopic (exact) mass is 298 g/mol. The van der Waals surface area contributed by atoms with Crippen molar-refractivity contribution in [2.24, 2.45) is 0 Å². The number of imidazole rings is 1. The molecule has 0 saturated heterocycles. The number of halogens is 1. The molecule has 0 unspecified atom stereocenters. The summed E-state index contributed by atoms with van der Waals surface area (Å²) < 4.78 is 2.05. The fourth-order valence-corrected chi connectivity index (χ4v) is 2.77. The van der Waals surface area contributed by atoms with Crippen LogP contribution < -0.4 is 0 Å². The minimum absolute atomic E-state index is 0.0170. The van der Waals surface area contributed by atoms with E-state index in [0.717, 1.165) is 35.6 Å². The highest BCUT2D eigenvalue weighted by Gasteiger charge is 2.12.